The van der Waals surface area contributed by atoms with Crippen LogP contribution in [0.5, 0.6) is 0 Å². The van der Waals surface area contributed by atoms with Gasteiger partial charge in [-0.05, 0) is 33.1 Å². The van der Waals surface area contributed by atoms with Gasteiger partial charge >= 0.3 is 12.0 Å². The van der Waals surface area contributed by atoms with E-state index in [9.17, 15) is 9.59 Å². The Bertz CT molecular complexity index is 316. The first-order valence-corrected chi connectivity index (χ1v) is 6.86. The number of ether oxygens (including phenoxy) is 1. The summed E-state index contributed by atoms with van der Waals surface area (Å²) >= 11 is 0. The predicted molar refractivity (Wildman–Crippen MR) is 71.1 cm³/mol. The lowest BCUT2D eigenvalue weighted by Crippen LogP contribution is -2.52. The van der Waals surface area contributed by atoms with Gasteiger partial charge in [0.25, 0.3) is 0 Å². The molecule has 0 aromatic heterocycles. The van der Waals surface area contributed by atoms with Crippen molar-refractivity contribution in [2.24, 2.45) is 0 Å². The monoisotopic (exact) mass is 272 g/mol. The molecule has 1 aliphatic heterocycles. The van der Waals surface area contributed by atoms with Gasteiger partial charge in [0.15, 0.2) is 0 Å². The van der Waals surface area contributed by atoms with Crippen LogP contribution in [0.3, 0.4) is 0 Å². The predicted octanol–water partition coefficient (Wildman–Crippen LogP) is 1.45. The number of carboxylic acids is 1. The van der Waals surface area contributed by atoms with Gasteiger partial charge in [0, 0.05) is 12.6 Å². The van der Waals surface area contributed by atoms with E-state index in [1.165, 1.54) is 4.90 Å². The van der Waals surface area contributed by atoms with Gasteiger partial charge < -0.3 is 20.1 Å². The minimum atomic E-state index is -1.000. The number of aliphatic carboxylic acids is 1. The molecular formula is C13H24N2O4. The van der Waals surface area contributed by atoms with Gasteiger partial charge in [-0.3, -0.25) is 4.79 Å². The maximum atomic E-state index is 12.1. The molecule has 1 saturated heterocycles. The van der Waals surface area contributed by atoms with Crippen LogP contribution in [0.2, 0.25) is 0 Å². The van der Waals surface area contributed by atoms with E-state index in [1.807, 2.05) is 20.8 Å². The van der Waals surface area contributed by atoms with Crippen LogP contribution in [0.4, 0.5) is 4.79 Å². The van der Waals surface area contributed by atoms with E-state index >= 15 is 0 Å². The summed E-state index contributed by atoms with van der Waals surface area (Å²) in [6.07, 6.45) is 2.70. The lowest BCUT2D eigenvalue weighted by atomic mass is 10.1. The number of hydrogen-bond donors (Lipinski definition) is 2. The van der Waals surface area contributed by atoms with Crippen LogP contribution >= 0.6 is 0 Å². The molecule has 6 nitrogen and oxygen atoms in total. The first kappa shape index (κ1) is 15.8. The van der Waals surface area contributed by atoms with Gasteiger partial charge in [0.05, 0.1) is 12.1 Å². The Morgan fingerprint density at radius 3 is 2.63 bits per heavy atom. The van der Waals surface area contributed by atoms with Crippen molar-refractivity contribution in [2.45, 2.75) is 58.2 Å². The molecule has 19 heavy (non-hydrogen) atoms. The second-order valence-corrected chi connectivity index (χ2v) is 5.07. The average Bonchev–Trinajstić information content (AvgIpc) is 2.88. The van der Waals surface area contributed by atoms with E-state index in [0.717, 1.165) is 25.9 Å². The maximum absolute atomic E-state index is 12.1. The summed E-state index contributed by atoms with van der Waals surface area (Å²) in [6.45, 7) is 6.12. The van der Waals surface area contributed by atoms with Crippen LogP contribution < -0.4 is 5.32 Å². The van der Waals surface area contributed by atoms with Gasteiger partial charge in [0.2, 0.25) is 0 Å². The topological polar surface area (TPSA) is 78.9 Å². The van der Waals surface area contributed by atoms with Crippen LogP contribution in [0.15, 0.2) is 0 Å². The molecule has 1 rings (SSSR count). The van der Waals surface area contributed by atoms with Crippen molar-refractivity contribution in [3.63, 3.8) is 0 Å². The van der Waals surface area contributed by atoms with E-state index in [1.54, 1.807) is 0 Å². The van der Waals surface area contributed by atoms with Crippen molar-refractivity contribution >= 4 is 12.0 Å². The number of urea groups is 1. The molecule has 6 heteroatoms. The molecule has 0 saturated carbocycles. The third-order valence-corrected chi connectivity index (χ3v) is 3.56. The Morgan fingerprint density at radius 1 is 1.47 bits per heavy atom. The van der Waals surface area contributed by atoms with Gasteiger partial charge in [-0.2, -0.15) is 0 Å². The lowest BCUT2D eigenvalue weighted by molar-refractivity contribution is -0.138. The molecule has 3 unspecified atom stereocenters. The van der Waals surface area contributed by atoms with Crippen molar-refractivity contribution in [1.29, 1.82) is 0 Å². The minimum absolute atomic E-state index is 0.0348. The van der Waals surface area contributed by atoms with Crippen LogP contribution in [0, 0.1) is 0 Å². The molecule has 0 aromatic rings. The van der Waals surface area contributed by atoms with Gasteiger partial charge in [-0.1, -0.05) is 6.92 Å². The summed E-state index contributed by atoms with van der Waals surface area (Å²) in [5, 5.41) is 11.7. The largest absolute Gasteiger partial charge is 0.480 e. The Balaban J connectivity index is 2.57. The molecule has 0 bridgehead atoms. The summed E-state index contributed by atoms with van der Waals surface area (Å²) < 4.78 is 5.51. The van der Waals surface area contributed by atoms with Gasteiger partial charge in [0.1, 0.15) is 6.54 Å². The highest BCUT2D eigenvalue weighted by Crippen LogP contribution is 2.16. The molecule has 1 aliphatic rings. The van der Waals surface area contributed by atoms with Crippen molar-refractivity contribution in [3.05, 3.63) is 0 Å². The molecule has 110 valence electrons. The highest BCUT2D eigenvalue weighted by molar-refractivity contribution is 5.80. The molecule has 1 heterocycles. The van der Waals surface area contributed by atoms with Crippen LogP contribution in [-0.4, -0.2) is 53.3 Å². The van der Waals surface area contributed by atoms with Crippen LogP contribution in [-0.2, 0) is 9.53 Å². The number of nitrogens with zero attached hydrogens (tertiary/aromatic N) is 1. The Morgan fingerprint density at radius 2 is 2.16 bits per heavy atom. The number of carbonyl (C=O) groups excluding carboxylic acids is 1. The van der Waals surface area contributed by atoms with Crippen molar-refractivity contribution in [3.8, 4) is 0 Å². The fourth-order valence-electron chi connectivity index (χ4n) is 2.16. The second-order valence-electron chi connectivity index (χ2n) is 5.07. The molecule has 0 radical (unpaired) electrons. The van der Waals surface area contributed by atoms with Gasteiger partial charge in [-0.15, -0.1) is 0 Å². The number of amides is 2. The summed E-state index contributed by atoms with van der Waals surface area (Å²) in [5.41, 5.74) is 0. The second kappa shape index (κ2) is 7.33. The van der Waals surface area contributed by atoms with E-state index in [4.69, 9.17) is 9.84 Å². The number of carboxylic acid groups (broad SMARTS) is 1. The van der Waals surface area contributed by atoms with Crippen molar-refractivity contribution in [2.75, 3.05) is 13.2 Å². The smallest absolute Gasteiger partial charge is 0.323 e. The number of rotatable bonds is 6. The quantitative estimate of drug-likeness (QED) is 0.767. The highest BCUT2D eigenvalue weighted by Gasteiger charge is 2.27. The summed E-state index contributed by atoms with van der Waals surface area (Å²) in [7, 11) is 0. The fourth-order valence-corrected chi connectivity index (χ4v) is 2.16. The maximum Gasteiger partial charge on any atom is 0.323 e. The molecule has 2 amide bonds. The third-order valence-electron chi connectivity index (χ3n) is 3.56. The molecule has 0 spiro atoms. The molecule has 0 aliphatic carbocycles. The average molecular weight is 272 g/mol. The number of nitrogens with one attached hydrogen (secondary N) is 1. The lowest BCUT2D eigenvalue weighted by Gasteiger charge is -2.30. The SMILES string of the molecule is CCC(C)N(CC(=O)O)C(=O)NC(C)C1CCCO1. The Labute approximate surface area is 114 Å². The summed E-state index contributed by atoms with van der Waals surface area (Å²) in [5.74, 6) is -1.000. The number of carbonyl (C=O) groups is 2. The van der Waals surface area contributed by atoms with Crippen LogP contribution in [0.1, 0.15) is 40.0 Å². The van der Waals surface area contributed by atoms with E-state index in [-0.39, 0.29) is 30.8 Å². The molecule has 3 atom stereocenters. The van der Waals surface area contributed by atoms with Crippen molar-refractivity contribution < 1.29 is 19.4 Å². The molecular weight excluding hydrogens is 248 g/mol. The fraction of sp³-hybridized carbons (Fsp3) is 0.846. The first-order valence-electron chi connectivity index (χ1n) is 6.86. The third kappa shape index (κ3) is 4.70. The zero-order valence-electron chi connectivity index (χ0n) is 11.9. The van der Waals surface area contributed by atoms with Gasteiger partial charge in [-0.25, -0.2) is 4.79 Å². The Kier molecular flexibility index (Phi) is 6.08. The minimum Gasteiger partial charge on any atom is -0.480 e. The highest BCUT2D eigenvalue weighted by atomic mass is 16.5. The molecule has 0 aromatic carbocycles. The van der Waals surface area contributed by atoms with E-state index in [2.05, 4.69) is 5.32 Å². The standard InChI is InChI=1S/C13H24N2O4/c1-4-9(2)15(8-12(16)17)13(18)14-10(3)11-6-5-7-19-11/h9-11H,4-8H2,1-3H3,(H,14,18)(H,16,17). The van der Waals surface area contributed by atoms with E-state index < -0.39 is 5.97 Å². The molecule has 1 fully saturated rings. The van der Waals surface area contributed by atoms with E-state index in [0.29, 0.717) is 0 Å². The normalized spacial score (nSPS) is 21.7. The summed E-state index contributed by atoms with van der Waals surface area (Å²) in [6, 6.07) is -0.539. The first-order chi connectivity index (χ1) is 8.95. The Hall–Kier alpha value is -1.30. The zero-order chi connectivity index (χ0) is 14.4. The van der Waals surface area contributed by atoms with Crippen molar-refractivity contribution in [1.82, 2.24) is 10.2 Å². The summed E-state index contributed by atoms with van der Waals surface area (Å²) in [4.78, 5) is 24.3. The van der Waals surface area contributed by atoms with Crippen LogP contribution in [0.25, 0.3) is 0 Å². The number of hydrogen-bond acceptors (Lipinski definition) is 3. The zero-order valence-corrected chi connectivity index (χ0v) is 11.9. The molecule has 2 N–H and O–H groups in total.